The fraction of sp³-hybridized carbons (Fsp3) is 0.911. The number of carboxylic acid groups (broad SMARTS) is 1. The summed E-state index contributed by atoms with van der Waals surface area (Å²) in [5, 5.41) is 48.1. The van der Waals surface area contributed by atoms with Gasteiger partial charge in [0.1, 0.15) is 30.4 Å². The summed E-state index contributed by atoms with van der Waals surface area (Å²) in [7, 11) is 1.38. The monoisotopic (exact) mass is 828 g/mol. The molecule has 0 spiro atoms. The molecular formula is C45H85N3O10. The van der Waals surface area contributed by atoms with E-state index < -0.39 is 67.2 Å². The number of amides is 3. The summed E-state index contributed by atoms with van der Waals surface area (Å²) in [5.41, 5.74) is 0. The van der Waals surface area contributed by atoms with Crippen LogP contribution in [-0.2, 0) is 28.7 Å². The Bertz CT molecular complexity index is 1050. The highest BCUT2D eigenvalue weighted by Gasteiger charge is 2.43. The number of rotatable bonds is 37. The van der Waals surface area contributed by atoms with Crippen molar-refractivity contribution < 1.29 is 49.1 Å². The van der Waals surface area contributed by atoms with Gasteiger partial charge in [0.05, 0.1) is 12.7 Å². The second-order valence-corrected chi connectivity index (χ2v) is 16.7. The molecule has 1 fully saturated rings. The average molecular weight is 828 g/mol. The highest BCUT2D eigenvalue weighted by molar-refractivity contribution is 5.92. The molecule has 0 aromatic rings. The van der Waals surface area contributed by atoms with Gasteiger partial charge in [0.25, 0.3) is 0 Å². The normalized spacial score (nSPS) is 20.4. The molecule has 0 aromatic carbocycles. The number of unbranched alkanes of at least 4 members (excludes halogenated alkanes) is 22. The van der Waals surface area contributed by atoms with Crippen LogP contribution in [0.3, 0.4) is 0 Å². The number of aliphatic carboxylic acids is 1. The molecule has 1 aliphatic heterocycles. The summed E-state index contributed by atoms with van der Waals surface area (Å²) >= 11 is 0. The molecule has 3 amide bonds. The number of hydrogen-bond acceptors (Lipinski definition) is 9. The van der Waals surface area contributed by atoms with Gasteiger partial charge in [0.2, 0.25) is 17.7 Å². The molecule has 0 saturated carbocycles. The molecule has 0 aromatic heterocycles. The van der Waals surface area contributed by atoms with Crippen molar-refractivity contribution in [3.63, 3.8) is 0 Å². The van der Waals surface area contributed by atoms with Gasteiger partial charge in [-0.25, -0.2) is 0 Å². The van der Waals surface area contributed by atoms with Crippen LogP contribution in [0.15, 0.2) is 0 Å². The average Bonchev–Trinajstić information content (AvgIpc) is 3.21. The van der Waals surface area contributed by atoms with E-state index in [1.165, 1.54) is 130 Å². The van der Waals surface area contributed by atoms with Gasteiger partial charge in [-0.1, -0.05) is 168 Å². The predicted molar refractivity (Wildman–Crippen MR) is 228 cm³/mol. The van der Waals surface area contributed by atoms with Gasteiger partial charge in [-0.3, -0.25) is 19.2 Å². The van der Waals surface area contributed by atoms with E-state index in [0.717, 1.165) is 38.5 Å². The third kappa shape index (κ3) is 24.7. The zero-order chi connectivity index (χ0) is 43.0. The molecule has 0 bridgehead atoms. The van der Waals surface area contributed by atoms with Crippen LogP contribution in [-0.4, -0.2) is 101 Å². The van der Waals surface area contributed by atoms with Crippen LogP contribution >= 0.6 is 0 Å². The molecule has 7 atom stereocenters. The molecule has 1 aliphatic rings. The molecule has 13 heteroatoms. The Labute approximate surface area is 350 Å². The zero-order valence-corrected chi connectivity index (χ0v) is 36.9. The van der Waals surface area contributed by atoms with Crippen LogP contribution in [0.25, 0.3) is 0 Å². The largest absolute Gasteiger partial charge is 0.481 e. The standard InChI is InChI=1S/C45H85N3O10/c1-5-7-9-11-13-15-17-19-21-23-25-27-29-35(30-28-26-24-22-20-18-16-14-12-10-8-6-2)42(54)48-37(33-57-45-41(53)40(52)39(51)34(3)58-45)44(56)47-36(43(55)46-4)31-32-38(49)50/h34-37,39-41,45,51-53H,5-33H2,1-4H3,(H,46,55)(H,47,56)(H,48,54)(H,49,50)/t34-,36+,37+,39+,40+,41-,45+/m0/s1. The van der Waals surface area contributed by atoms with Crippen LogP contribution in [0.4, 0.5) is 0 Å². The predicted octanol–water partition coefficient (Wildman–Crippen LogP) is 7.21. The first-order valence-electron chi connectivity index (χ1n) is 23.3. The number of nitrogens with one attached hydrogen (secondary N) is 3. The molecule has 0 aliphatic carbocycles. The summed E-state index contributed by atoms with van der Waals surface area (Å²) < 4.78 is 11.3. The van der Waals surface area contributed by atoms with E-state index in [1.54, 1.807) is 0 Å². The number of carboxylic acids is 1. The summed E-state index contributed by atoms with van der Waals surface area (Å²) in [5.74, 6) is -3.15. The van der Waals surface area contributed by atoms with E-state index in [-0.39, 0.29) is 24.7 Å². The van der Waals surface area contributed by atoms with Gasteiger partial charge in [-0.2, -0.15) is 0 Å². The summed E-state index contributed by atoms with van der Waals surface area (Å²) in [6, 6.07) is -2.51. The van der Waals surface area contributed by atoms with E-state index in [9.17, 15) is 39.6 Å². The Morgan fingerprint density at radius 1 is 0.552 bits per heavy atom. The second-order valence-electron chi connectivity index (χ2n) is 16.7. The van der Waals surface area contributed by atoms with Crippen molar-refractivity contribution in [2.45, 2.75) is 243 Å². The van der Waals surface area contributed by atoms with Gasteiger partial charge >= 0.3 is 5.97 Å². The molecule has 58 heavy (non-hydrogen) atoms. The van der Waals surface area contributed by atoms with E-state index in [4.69, 9.17) is 9.47 Å². The summed E-state index contributed by atoms with van der Waals surface area (Å²) in [4.78, 5) is 51.7. The van der Waals surface area contributed by atoms with Gasteiger partial charge in [0.15, 0.2) is 6.29 Å². The van der Waals surface area contributed by atoms with Crippen LogP contribution < -0.4 is 16.0 Å². The molecule has 1 heterocycles. The maximum Gasteiger partial charge on any atom is 0.303 e. The Hall–Kier alpha value is -2.32. The fourth-order valence-electron chi connectivity index (χ4n) is 7.67. The van der Waals surface area contributed by atoms with Crippen molar-refractivity contribution >= 4 is 23.7 Å². The zero-order valence-electron chi connectivity index (χ0n) is 36.9. The number of aliphatic hydroxyl groups excluding tert-OH is 3. The van der Waals surface area contributed by atoms with E-state index >= 15 is 0 Å². The number of carbonyl (C=O) groups excluding carboxylic acids is 3. The van der Waals surface area contributed by atoms with E-state index in [2.05, 4.69) is 29.8 Å². The minimum Gasteiger partial charge on any atom is -0.481 e. The molecular weight excluding hydrogens is 743 g/mol. The van der Waals surface area contributed by atoms with Gasteiger partial charge < -0.3 is 45.9 Å². The van der Waals surface area contributed by atoms with Crippen molar-refractivity contribution in [2.24, 2.45) is 5.92 Å². The fourth-order valence-corrected chi connectivity index (χ4v) is 7.67. The summed E-state index contributed by atoms with van der Waals surface area (Å²) in [6.07, 6.45) is 23.1. The Balaban J connectivity index is 2.93. The number of carbonyl (C=O) groups is 4. The number of aliphatic hydroxyl groups is 3. The van der Waals surface area contributed by atoms with E-state index in [0.29, 0.717) is 12.8 Å². The van der Waals surface area contributed by atoms with Crippen LogP contribution in [0.2, 0.25) is 0 Å². The molecule has 340 valence electrons. The third-order valence-corrected chi connectivity index (χ3v) is 11.6. The minimum atomic E-state index is -1.62. The number of hydrogen-bond donors (Lipinski definition) is 7. The van der Waals surface area contributed by atoms with Gasteiger partial charge in [-0.05, 0) is 26.2 Å². The molecule has 1 saturated heterocycles. The lowest BCUT2D eigenvalue weighted by Gasteiger charge is -2.39. The molecule has 0 unspecified atom stereocenters. The second kappa shape index (κ2) is 34.4. The molecule has 0 radical (unpaired) electrons. The van der Waals surface area contributed by atoms with Crippen molar-refractivity contribution in [1.29, 1.82) is 0 Å². The van der Waals surface area contributed by atoms with Crippen molar-refractivity contribution in [2.75, 3.05) is 13.7 Å². The highest BCUT2D eigenvalue weighted by atomic mass is 16.7. The maximum absolute atomic E-state index is 14.0. The van der Waals surface area contributed by atoms with E-state index in [1.807, 2.05) is 0 Å². The first-order chi connectivity index (χ1) is 28.0. The maximum atomic E-state index is 14.0. The topological polar surface area (TPSA) is 204 Å². The SMILES string of the molecule is CCCCCCCCCCCCCCC(CCCCCCCCCCCCCC)C(=O)N[C@H](CO[C@@H]1O[C@@H](C)[C@@H](O)[C@@H](O)[C@@H]1O)C(=O)N[C@H](CCC(=O)O)C(=O)NC. The first kappa shape index (κ1) is 53.7. The number of ether oxygens (including phenoxy) is 2. The first-order valence-corrected chi connectivity index (χ1v) is 23.3. The quantitative estimate of drug-likeness (QED) is 0.0314. The van der Waals surface area contributed by atoms with Crippen molar-refractivity contribution in [3.8, 4) is 0 Å². The smallest absolute Gasteiger partial charge is 0.303 e. The highest BCUT2D eigenvalue weighted by Crippen LogP contribution is 2.23. The Morgan fingerprint density at radius 2 is 0.966 bits per heavy atom. The van der Waals surface area contributed by atoms with Crippen molar-refractivity contribution in [3.05, 3.63) is 0 Å². The van der Waals surface area contributed by atoms with Crippen molar-refractivity contribution in [1.82, 2.24) is 16.0 Å². The Kier molecular flexibility index (Phi) is 31.8. The lowest BCUT2D eigenvalue weighted by molar-refractivity contribution is -0.293. The van der Waals surface area contributed by atoms with Crippen LogP contribution in [0.1, 0.15) is 201 Å². The van der Waals surface area contributed by atoms with Crippen LogP contribution in [0.5, 0.6) is 0 Å². The lowest BCUT2D eigenvalue weighted by atomic mass is 9.92. The molecule has 1 rings (SSSR count). The van der Waals surface area contributed by atoms with Crippen LogP contribution in [0, 0.1) is 5.92 Å². The number of likely N-dealkylation sites (N-methyl/N-ethyl adjacent to an activating group) is 1. The molecule has 7 N–H and O–H groups in total. The van der Waals surface area contributed by atoms with Gasteiger partial charge in [-0.15, -0.1) is 0 Å². The van der Waals surface area contributed by atoms with Gasteiger partial charge in [0, 0.05) is 19.4 Å². The lowest BCUT2D eigenvalue weighted by Crippen LogP contribution is -2.59. The minimum absolute atomic E-state index is 0.172. The Morgan fingerprint density at radius 3 is 1.38 bits per heavy atom. The molecule has 13 nitrogen and oxygen atoms in total. The third-order valence-electron chi connectivity index (χ3n) is 11.6. The summed E-state index contributed by atoms with van der Waals surface area (Å²) in [6.45, 7) is 5.51.